The average molecular weight is 296 g/mol. The SMILES string of the molecule is OC[C@H]1OC2SC(Nc3ccccc3)=NC2[C@@H](O)[C@@H]1O. The summed E-state index contributed by atoms with van der Waals surface area (Å²) in [6.45, 7) is -0.330. The van der Waals surface area contributed by atoms with Gasteiger partial charge in [-0.1, -0.05) is 30.0 Å². The van der Waals surface area contributed by atoms with Crippen LogP contribution in [-0.2, 0) is 4.74 Å². The number of thioether (sulfide) groups is 1. The van der Waals surface area contributed by atoms with Crippen molar-refractivity contribution in [1.82, 2.24) is 0 Å². The molecule has 1 aromatic carbocycles. The van der Waals surface area contributed by atoms with Gasteiger partial charge in [-0.15, -0.1) is 0 Å². The molecule has 0 bridgehead atoms. The maximum atomic E-state index is 10.0. The molecule has 0 radical (unpaired) electrons. The van der Waals surface area contributed by atoms with Crippen LogP contribution in [0.5, 0.6) is 0 Å². The van der Waals surface area contributed by atoms with Crippen molar-refractivity contribution >= 4 is 22.6 Å². The van der Waals surface area contributed by atoms with Crippen molar-refractivity contribution in [3.63, 3.8) is 0 Å². The van der Waals surface area contributed by atoms with E-state index >= 15 is 0 Å². The summed E-state index contributed by atoms with van der Waals surface area (Å²) in [4.78, 5) is 4.36. The van der Waals surface area contributed by atoms with E-state index in [1.165, 1.54) is 11.8 Å². The normalized spacial score (nSPS) is 36.4. The lowest BCUT2D eigenvalue weighted by Crippen LogP contribution is -2.55. The summed E-state index contributed by atoms with van der Waals surface area (Å²) in [6, 6.07) is 9.04. The zero-order valence-electron chi connectivity index (χ0n) is 10.6. The van der Waals surface area contributed by atoms with Gasteiger partial charge in [0.1, 0.15) is 29.8 Å². The highest BCUT2D eigenvalue weighted by Crippen LogP contribution is 2.36. The van der Waals surface area contributed by atoms with Gasteiger partial charge < -0.3 is 25.4 Å². The van der Waals surface area contributed by atoms with Gasteiger partial charge in [0, 0.05) is 5.69 Å². The van der Waals surface area contributed by atoms with E-state index in [-0.39, 0.29) is 6.61 Å². The van der Waals surface area contributed by atoms with Crippen LogP contribution in [0.25, 0.3) is 0 Å². The zero-order chi connectivity index (χ0) is 14.1. The van der Waals surface area contributed by atoms with Gasteiger partial charge in [-0.3, -0.25) is 4.99 Å². The lowest BCUT2D eigenvalue weighted by atomic mass is 9.99. The Morgan fingerprint density at radius 3 is 2.65 bits per heavy atom. The van der Waals surface area contributed by atoms with Crippen LogP contribution in [0.4, 0.5) is 5.69 Å². The molecule has 1 saturated heterocycles. The fraction of sp³-hybridized carbons (Fsp3) is 0.462. The molecule has 0 aromatic heterocycles. The minimum atomic E-state index is -1.12. The number of fused-ring (bicyclic) bond motifs is 1. The molecule has 1 fully saturated rings. The van der Waals surface area contributed by atoms with Crippen LogP contribution in [0, 0.1) is 0 Å². The van der Waals surface area contributed by atoms with Gasteiger partial charge in [-0.2, -0.15) is 0 Å². The van der Waals surface area contributed by atoms with Gasteiger partial charge in [-0.05, 0) is 12.1 Å². The summed E-state index contributed by atoms with van der Waals surface area (Å²) in [5.41, 5.74) is 0.503. The Hall–Kier alpha value is -1.12. The molecule has 2 unspecified atom stereocenters. The van der Waals surface area contributed by atoms with E-state index in [1.807, 2.05) is 30.3 Å². The molecule has 0 aliphatic carbocycles. The first kappa shape index (κ1) is 13.8. The van der Waals surface area contributed by atoms with Crippen molar-refractivity contribution < 1.29 is 20.1 Å². The van der Waals surface area contributed by atoms with Crippen molar-refractivity contribution in [2.45, 2.75) is 29.8 Å². The fourth-order valence-corrected chi connectivity index (χ4v) is 3.42. The highest BCUT2D eigenvalue weighted by Gasteiger charge is 2.47. The number of ether oxygens (including phenoxy) is 1. The lowest BCUT2D eigenvalue weighted by Gasteiger charge is -2.37. The first-order chi connectivity index (χ1) is 9.69. The van der Waals surface area contributed by atoms with Crippen molar-refractivity contribution in [2.75, 3.05) is 11.9 Å². The van der Waals surface area contributed by atoms with Gasteiger partial charge in [0.2, 0.25) is 0 Å². The van der Waals surface area contributed by atoms with Gasteiger partial charge >= 0.3 is 0 Å². The van der Waals surface area contributed by atoms with Crippen molar-refractivity contribution in [3.05, 3.63) is 30.3 Å². The van der Waals surface area contributed by atoms with Gasteiger partial charge in [0.25, 0.3) is 0 Å². The van der Waals surface area contributed by atoms with Crippen LogP contribution in [0.1, 0.15) is 0 Å². The van der Waals surface area contributed by atoms with Crippen molar-refractivity contribution in [3.8, 4) is 0 Å². The summed E-state index contributed by atoms with van der Waals surface area (Å²) in [6.07, 6.45) is -2.93. The molecule has 2 aliphatic rings. The number of hydrogen-bond acceptors (Lipinski definition) is 7. The molecule has 2 aliphatic heterocycles. The minimum absolute atomic E-state index is 0.330. The third-order valence-electron chi connectivity index (χ3n) is 3.37. The molecular formula is C13H16N2O4S. The zero-order valence-corrected chi connectivity index (χ0v) is 11.4. The Bertz CT molecular complexity index is 498. The van der Waals surface area contributed by atoms with Gasteiger partial charge in [0.15, 0.2) is 5.17 Å². The molecule has 0 saturated carbocycles. The number of amidine groups is 1. The molecule has 7 heteroatoms. The summed E-state index contributed by atoms with van der Waals surface area (Å²) < 4.78 is 5.56. The van der Waals surface area contributed by atoms with E-state index in [1.54, 1.807) is 0 Å². The standard InChI is InChI=1S/C13H16N2O4S/c16-6-8-10(17)11(18)9-12(19-8)20-13(15-9)14-7-4-2-1-3-5-7/h1-5,8-12,16-18H,6H2,(H,14,15)/t8-,9?,10-,11-,12?/m1/s1. The third kappa shape index (κ3) is 2.55. The maximum absolute atomic E-state index is 10.0. The molecule has 0 spiro atoms. The first-order valence-corrected chi connectivity index (χ1v) is 7.26. The third-order valence-corrected chi connectivity index (χ3v) is 4.42. The molecule has 6 nitrogen and oxygen atoms in total. The van der Waals surface area contributed by atoms with E-state index in [9.17, 15) is 10.2 Å². The summed E-state index contributed by atoms with van der Waals surface area (Å²) in [5, 5.41) is 32.8. The van der Waals surface area contributed by atoms with Crippen LogP contribution in [-0.4, -0.2) is 56.9 Å². The predicted octanol–water partition coefficient (Wildman–Crippen LogP) is 0.00890. The highest BCUT2D eigenvalue weighted by atomic mass is 32.2. The van der Waals surface area contributed by atoms with Crippen molar-refractivity contribution in [1.29, 1.82) is 0 Å². The Morgan fingerprint density at radius 2 is 1.95 bits per heavy atom. The van der Waals surface area contributed by atoms with Crippen LogP contribution in [0.15, 0.2) is 35.3 Å². The quantitative estimate of drug-likeness (QED) is 0.614. The number of rotatable bonds is 2. The Balaban J connectivity index is 1.72. The van der Waals surface area contributed by atoms with E-state index in [0.717, 1.165) is 5.69 Å². The number of para-hydroxylation sites is 1. The van der Waals surface area contributed by atoms with E-state index < -0.39 is 29.8 Å². The molecule has 2 heterocycles. The fourth-order valence-electron chi connectivity index (χ4n) is 2.28. The van der Waals surface area contributed by atoms with E-state index in [4.69, 9.17) is 9.84 Å². The Labute approximate surface area is 120 Å². The molecule has 3 rings (SSSR count). The second-order valence-electron chi connectivity index (χ2n) is 4.74. The highest BCUT2D eigenvalue weighted by molar-refractivity contribution is 8.14. The molecule has 0 amide bonds. The number of nitrogens with zero attached hydrogens (tertiary/aromatic N) is 1. The summed E-state index contributed by atoms with van der Waals surface area (Å²) >= 11 is 1.35. The smallest absolute Gasteiger partial charge is 0.164 e. The molecule has 4 N–H and O–H groups in total. The molecular weight excluding hydrogens is 280 g/mol. The van der Waals surface area contributed by atoms with Crippen LogP contribution >= 0.6 is 11.8 Å². The topological polar surface area (TPSA) is 94.3 Å². The summed E-state index contributed by atoms with van der Waals surface area (Å²) in [7, 11) is 0. The van der Waals surface area contributed by atoms with Gasteiger partial charge in [0.05, 0.1) is 6.61 Å². The van der Waals surface area contributed by atoms with Crippen LogP contribution < -0.4 is 5.32 Å². The Morgan fingerprint density at radius 1 is 1.20 bits per heavy atom. The van der Waals surface area contributed by atoms with Crippen LogP contribution in [0.2, 0.25) is 0 Å². The monoisotopic (exact) mass is 296 g/mol. The number of nitrogens with one attached hydrogen (secondary N) is 1. The largest absolute Gasteiger partial charge is 0.394 e. The van der Waals surface area contributed by atoms with Gasteiger partial charge in [-0.25, -0.2) is 0 Å². The second-order valence-corrected chi connectivity index (χ2v) is 5.83. The van der Waals surface area contributed by atoms with Crippen LogP contribution in [0.3, 0.4) is 0 Å². The lowest BCUT2D eigenvalue weighted by molar-refractivity contribution is -0.164. The second kappa shape index (κ2) is 5.71. The van der Waals surface area contributed by atoms with E-state index in [0.29, 0.717) is 5.17 Å². The maximum Gasteiger partial charge on any atom is 0.164 e. The first-order valence-electron chi connectivity index (χ1n) is 6.38. The molecule has 108 valence electrons. The minimum Gasteiger partial charge on any atom is -0.394 e. The molecule has 1 aromatic rings. The molecule has 5 atom stereocenters. The number of aliphatic hydroxyl groups is 3. The number of aliphatic hydroxyl groups excluding tert-OH is 3. The number of hydrogen-bond donors (Lipinski definition) is 4. The molecule has 20 heavy (non-hydrogen) atoms. The van der Waals surface area contributed by atoms with Crippen molar-refractivity contribution in [2.24, 2.45) is 4.99 Å². The Kier molecular flexibility index (Phi) is 3.95. The average Bonchev–Trinajstić information content (AvgIpc) is 2.86. The number of aliphatic imine (C=N–C) groups is 1. The summed E-state index contributed by atoms with van der Waals surface area (Å²) in [5.74, 6) is 0. The number of anilines is 1. The number of benzene rings is 1. The predicted molar refractivity (Wildman–Crippen MR) is 76.6 cm³/mol. The van der Waals surface area contributed by atoms with E-state index in [2.05, 4.69) is 10.3 Å².